The zero-order chi connectivity index (χ0) is 21.6. The summed E-state index contributed by atoms with van der Waals surface area (Å²) in [7, 11) is 0. The summed E-state index contributed by atoms with van der Waals surface area (Å²) in [5.41, 5.74) is 5.53. The molecule has 0 fully saturated rings. The van der Waals surface area contributed by atoms with Gasteiger partial charge in [0.05, 0.1) is 5.69 Å². The Labute approximate surface area is 187 Å². The van der Waals surface area contributed by atoms with E-state index >= 15 is 0 Å². The lowest BCUT2D eigenvalue weighted by atomic mass is 10.0. The Morgan fingerprint density at radius 2 is 1.55 bits per heavy atom. The van der Waals surface area contributed by atoms with Gasteiger partial charge in [-0.3, -0.25) is 4.79 Å². The summed E-state index contributed by atoms with van der Waals surface area (Å²) in [6, 6.07) is 25.6. The van der Waals surface area contributed by atoms with Crippen molar-refractivity contribution in [2.75, 3.05) is 23.3 Å². The van der Waals surface area contributed by atoms with Crippen molar-refractivity contribution in [3.8, 4) is 22.4 Å². The van der Waals surface area contributed by atoms with Crippen molar-refractivity contribution in [3.63, 3.8) is 0 Å². The van der Waals surface area contributed by atoms with Crippen LogP contribution in [0, 0.1) is 0 Å². The number of aromatic nitrogens is 1. The van der Waals surface area contributed by atoms with Gasteiger partial charge in [0.25, 0.3) is 5.91 Å². The largest absolute Gasteiger partial charge is 0.349 e. The predicted molar refractivity (Wildman–Crippen MR) is 131 cm³/mol. The van der Waals surface area contributed by atoms with E-state index in [-0.39, 0.29) is 5.91 Å². The SMILES string of the molecule is CCN(CC)c1nc(-c2cccc(NC(=O)c3ccc(-c4ccccc4)cc3)c2)cs1. The summed E-state index contributed by atoms with van der Waals surface area (Å²) in [6.45, 7) is 6.13. The maximum atomic E-state index is 12.7. The maximum Gasteiger partial charge on any atom is 0.255 e. The van der Waals surface area contributed by atoms with Crippen LogP contribution in [0.2, 0.25) is 0 Å². The second-order valence-electron chi connectivity index (χ2n) is 7.17. The maximum absolute atomic E-state index is 12.7. The minimum Gasteiger partial charge on any atom is -0.349 e. The van der Waals surface area contributed by atoms with Crippen molar-refractivity contribution in [3.05, 3.63) is 89.8 Å². The Balaban J connectivity index is 1.48. The molecule has 1 N–H and O–H groups in total. The third kappa shape index (κ3) is 4.84. The smallest absolute Gasteiger partial charge is 0.255 e. The van der Waals surface area contributed by atoms with Crippen LogP contribution in [-0.2, 0) is 0 Å². The van der Waals surface area contributed by atoms with Crippen LogP contribution in [0.1, 0.15) is 24.2 Å². The second kappa shape index (κ2) is 9.58. The number of hydrogen-bond donors (Lipinski definition) is 1. The Kier molecular flexibility index (Phi) is 6.43. The van der Waals surface area contributed by atoms with Gasteiger partial charge in [-0.25, -0.2) is 4.98 Å². The van der Waals surface area contributed by atoms with E-state index in [0.717, 1.165) is 46.3 Å². The van der Waals surface area contributed by atoms with Gasteiger partial charge in [-0.15, -0.1) is 11.3 Å². The molecule has 4 nitrogen and oxygen atoms in total. The van der Waals surface area contributed by atoms with E-state index < -0.39 is 0 Å². The average Bonchev–Trinajstić information content (AvgIpc) is 3.31. The fourth-order valence-electron chi connectivity index (χ4n) is 3.44. The molecule has 0 saturated carbocycles. The highest BCUT2D eigenvalue weighted by Gasteiger charge is 2.11. The number of thiazole rings is 1. The summed E-state index contributed by atoms with van der Waals surface area (Å²) in [5.74, 6) is -0.126. The van der Waals surface area contributed by atoms with Crippen LogP contribution in [0.3, 0.4) is 0 Å². The van der Waals surface area contributed by atoms with Gasteiger partial charge < -0.3 is 10.2 Å². The molecule has 0 aliphatic carbocycles. The number of carbonyl (C=O) groups excluding carboxylic acids is 1. The number of carbonyl (C=O) groups is 1. The summed E-state index contributed by atoms with van der Waals surface area (Å²) in [6.07, 6.45) is 0. The molecule has 1 heterocycles. The first kappa shape index (κ1) is 20.8. The number of anilines is 2. The van der Waals surface area contributed by atoms with E-state index in [1.54, 1.807) is 11.3 Å². The minimum absolute atomic E-state index is 0.126. The van der Waals surface area contributed by atoms with Crippen molar-refractivity contribution in [2.45, 2.75) is 13.8 Å². The molecule has 4 aromatic rings. The summed E-state index contributed by atoms with van der Waals surface area (Å²) >= 11 is 1.65. The molecule has 0 spiro atoms. The molecule has 0 saturated heterocycles. The van der Waals surface area contributed by atoms with Gasteiger partial charge in [0.15, 0.2) is 5.13 Å². The summed E-state index contributed by atoms with van der Waals surface area (Å²) in [5, 5.41) is 6.09. The van der Waals surface area contributed by atoms with Crippen LogP contribution in [0.15, 0.2) is 84.2 Å². The summed E-state index contributed by atoms with van der Waals surface area (Å²) < 4.78 is 0. The molecular formula is C26H25N3OS. The van der Waals surface area contributed by atoms with E-state index in [0.29, 0.717) is 5.56 Å². The number of benzene rings is 3. The first-order valence-corrected chi connectivity index (χ1v) is 11.3. The minimum atomic E-state index is -0.126. The molecule has 31 heavy (non-hydrogen) atoms. The highest BCUT2D eigenvalue weighted by molar-refractivity contribution is 7.14. The zero-order valence-corrected chi connectivity index (χ0v) is 18.5. The molecule has 1 amide bonds. The van der Waals surface area contributed by atoms with Crippen molar-refractivity contribution in [1.82, 2.24) is 4.98 Å². The van der Waals surface area contributed by atoms with E-state index in [1.165, 1.54) is 0 Å². The normalized spacial score (nSPS) is 10.6. The highest BCUT2D eigenvalue weighted by atomic mass is 32.1. The van der Waals surface area contributed by atoms with Gasteiger partial charge in [0.2, 0.25) is 0 Å². The zero-order valence-electron chi connectivity index (χ0n) is 17.7. The third-order valence-electron chi connectivity index (χ3n) is 5.20. The van der Waals surface area contributed by atoms with Crippen molar-refractivity contribution < 1.29 is 4.79 Å². The third-order valence-corrected chi connectivity index (χ3v) is 6.10. The van der Waals surface area contributed by atoms with Crippen LogP contribution >= 0.6 is 11.3 Å². The second-order valence-corrected chi connectivity index (χ2v) is 8.00. The summed E-state index contributed by atoms with van der Waals surface area (Å²) in [4.78, 5) is 19.8. The molecule has 5 heteroatoms. The van der Waals surface area contributed by atoms with Gasteiger partial charge in [-0.05, 0) is 49.2 Å². The number of amides is 1. The number of hydrogen-bond acceptors (Lipinski definition) is 4. The quantitative estimate of drug-likeness (QED) is 0.362. The molecular weight excluding hydrogens is 402 g/mol. The molecule has 4 rings (SSSR count). The number of nitrogens with zero attached hydrogens (tertiary/aromatic N) is 2. The van der Waals surface area contributed by atoms with Crippen molar-refractivity contribution >= 4 is 28.1 Å². The predicted octanol–water partition coefficient (Wildman–Crippen LogP) is 6.58. The van der Waals surface area contributed by atoms with Gasteiger partial charge in [0, 0.05) is 35.3 Å². The number of nitrogens with one attached hydrogen (secondary N) is 1. The molecule has 156 valence electrons. The van der Waals surface area contributed by atoms with Crippen molar-refractivity contribution in [2.24, 2.45) is 0 Å². The Bertz CT molecular complexity index is 1150. The molecule has 3 aromatic carbocycles. The monoisotopic (exact) mass is 427 g/mol. The van der Waals surface area contributed by atoms with Gasteiger partial charge >= 0.3 is 0 Å². The van der Waals surface area contributed by atoms with E-state index in [2.05, 4.69) is 41.6 Å². The lowest BCUT2D eigenvalue weighted by Gasteiger charge is -2.16. The van der Waals surface area contributed by atoms with Crippen LogP contribution in [0.5, 0.6) is 0 Å². The molecule has 0 radical (unpaired) electrons. The van der Waals surface area contributed by atoms with Crippen LogP contribution in [0.4, 0.5) is 10.8 Å². The van der Waals surface area contributed by atoms with Crippen molar-refractivity contribution in [1.29, 1.82) is 0 Å². The van der Waals surface area contributed by atoms with Gasteiger partial charge in [-0.2, -0.15) is 0 Å². The van der Waals surface area contributed by atoms with E-state index in [9.17, 15) is 4.79 Å². The molecule has 0 unspecified atom stereocenters. The molecule has 1 aromatic heterocycles. The molecule has 0 aliphatic heterocycles. The van der Waals surface area contributed by atoms with Crippen LogP contribution < -0.4 is 10.2 Å². The average molecular weight is 428 g/mol. The molecule has 0 aliphatic rings. The highest BCUT2D eigenvalue weighted by Crippen LogP contribution is 2.29. The van der Waals surface area contributed by atoms with Gasteiger partial charge in [0.1, 0.15) is 0 Å². The lowest BCUT2D eigenvalue weighted by Crippen LogP contribution is -2.21. The Morgan fingerprint density at radius 1 is 0.871 bits per heavy atom. The lowest BCUT2D eigenvalue weighted by molar-refractivity contribution is 0.102. The number of rotatable bonds is 7. The van der Waals surface area contributed by atoms with E-state index in [1.807, 2.05) is 66.7 Å². The Hall–Kier alpha value is -3.44. The first-order valence-electron chi connectivity index (χ1n) is 10.5. The fourth-order valence-corrected chi connectivity index (χ4v) is 4.40. The van der Waals surface area contributed by atoms with Crippen LogP contribution in [0.25, 0.3) is 22.4 Å². The molecule has 0 atom stereocenters. The fraction of sp³-hybridized carbons (Fsp3) is 0.154. The van der Waals surface area contributed by atoms with Crippen LogP contribution in [-0.4, -0.2) is 24.0 Å². The first-order chi connectivity index (χ1) is 15.2. The molecule has 0 bridgehead atoms. The topological polar surface area (TPSA) is 45.2 Å². The van der Waals surface area contributed by atoms with Gasteiger partial charge in [-0.1, -0.05) is 54.6 Å². The van der Waals surface area contributed by atoms with E-state index in [4.69, 9.17) is 4.98 Å². The Morgan fingerprint density at radius 3 is 2.26 bits per heavy atom. The standard InChI is InChI=1S/C26H25N3OS/c1-3-29(4-2)26-28-24(18-31-26)22-11-8-12-23(17-22)27-25(30)21-15-13-20(14-16-21)19-9-6-5-7-10-19/h5-18H,3-4H2,1-2H3,(H,27,30).